The quantitative estimate of drug-likeness (QED) is 0.839. The summed E-state index contributed by atoms with van der Waals surface area (Å²) in [5, 5.41) is 13.5. The predicted octanol–water partition coefficient (Wildman–Crippen LogP) is 1.54. The lowest BCUT2D eigenvalue weighted by molar-refractivity contribution is -0.148. The molecule has 0 fully saturated rings. The van der Waals surface area contributed by atoms with Gasteiger partial charge in [0.05, 0.1) is 6.54 Å². The Morgan fingerprint density at radius 1 is 1.52 bits per heavy atom. The molecule has 0 bridgehead atoms. The number of carbonyl (C=O) groups is 2. The maximum absolute atomic E-state index is 11.9. The third kappa shape index (κ3) is 3.67. The monoisotopic (exact) mass is 310 g/mol. The Balaban J connectivity index is 2.01. The second-order valence-electron chi connectivity index (χ2n) is 4.22. The first-order chi connectivity index (χ1) is 10.0. The van der Waals surface area contributed by atoms with E-state index in [0.717, 1.165) is 5.76 Å². The molecular weight excluding hydrogens is 296 g/mol. The predicted molar refractivity (Wildman–Crippen MR) is 75.3 cm³/mol. The van der Waals surface area contributed by atoms with Gasteiger partial charge in [0.1, 0.15) is 11.5 Å². The van der Waals surface area contributed by atoms with E-state index in [1.165, 1.54) is 18.4 Å². The number of ether oxygens (including phenoxy) is 1. The minimum Gasteiger partial charge on any atom is -0.479 e. The van der Waals surface area contributed by atoms with Gasteiger partial charge in [-0.1, -0.05) is 0 Å². The van der Waals surface area contributed by atoms with E-state index in [1.54, 1.807) is 11.4 Å². The fraction of sp³-hybridized carbons (Fsp3) is 0.308. The molecule has 0 saturated heterocycles. The second-order valence-corrected chi connectivity index (χ2v) is 5.08. The Bertz CT molecular complexity index is 649. The van der Waals surface area contributed by atoms with Crippen molar-refractivity contribution in [3.8, 4) is 10.8 Å². The Labute approximate surface area is 124 Å². The SMILES string of the molecule is COC(CNC(=O)c1csc(-c2ccc(C)o2)n1)C(=O)O. The molecule has 1 unspecified atom stereocenters. The molecule has 1 atom stereocenters. The molecule has 0 spiro atoms. The van der Waals surface area contributed by atoms with Crippen molar-refractivity contribution in [3.63, 3.8) is 0 Å². The average molecular weight is 310 g/mol. The molecule has 0 aliphatic heterocycles. The Hall–Kier alpha value is -2.19. The average Bonchev–Trinajstić information content (AvgIpc) is 3.07. The van der Waals surface area contributed by atoms with Gasteiger partial charge in [0.25, 0.3) is 5.91 Å². The van der Waals surface area contributed by atoms with Crippen LogP contribution in [0.15, 0.2) is 21.9 Å². The van der Waals surface area contributed by atoms with Crippen molar-refractivity contribution >= 4 is 23.2 Å². The number of amides is 1. The number of nitrogens with zero attached hydrogens (tertiary/aromatic N) is 1. The lowest BCUT2D eigenvalue weighted by Gasteiger charge is -2.10. The van der Waals surface area contributed by atoms with Gasteiger partial charge in [-0.3, -0.25) is 4.79 Å². The van der Waals surface area contributed by atoms with E-state index in [-0.39, 0.29) is 12.2 Å². The number of methoxy groups -OCH3 is 1. The summed E-state index contributed by atoms with van der Waals surface area (Å²) in [5.41, 5.74) is 0.212. The zero-order valence-electron chi connectivity index (χ0n) is 11.5. The van der Waals surface area contributed by atoms with Gasteiger partial charge < -0.3 is 19.6 Å². The molecule has 0 saturated carbocycles. The van der Waals surface area contributed by atoms with Crippen LogP contribution in [0.5, 0.6) is 0 Å². The van der Waals surface area contributed by atoms with Crippen molar-refractivity contribution in [1.29, 1.82) is 0 Å². The largest absolute Gasteiger partial charge is 0.479 e. The Morgan fingerprint density at radius 2 is 2.29 bits per heavy atom. The molecule has 7 nitrogen and oxygen atoms in total. The summed E-state index contributed by atoms with van der Waals surface area (Å²) >= 11 is 1.28. The van der Waals surface area contributed by atoms with Crippen LogP contribution in [-0.4, -0.2) is 41.7 Å². The number of carboxylic acids is 1. The summed E-state index contributed by atoms with van der Waals surface area (Å²) in [6.45, 7) is 1.69. The highest BCUT2D eigenvalue weighted by Gasteiger charge is 2.19. The molecule has 2 aromatic rings. The standard InChI is InChI=1S/C13H14N2O5S/c1-7-3-4-9(20-7)12-15-8(6-21-12)11(16)14-5-10(19-2)13(17)18/h3-4,6,10H,5H2,1-2H3,(H,14,16)(H,17,18). The van der Waals surface area contributed by atoms with Crippen LogP contribution in [0.2, 0.25) is 0 Å². The molecule has 2 aromatic heterocycles. The summed E-state index contributed by atoms with van der Waals surface area (Å²) in [6.07, 6.45) is -1.08. The minimum atomic E-state index is -1.14. The van der Waals surface area contributed by atoms with Crippen molar-refractivity contribution in [2.45, 2.75) is 13.0 Å². The van der Waals surface area contributed by atoms with Crippen LogP contribution in [0.4, 0.5) is 0 Å². The van der Waals surface area contributed by atoms with E-state index in [9.17, 15) is 9.59 Å². The van der Waals surface area contributed by atoms with Crippen LogP contribution in [0.25, 0.3) is 10.8 Å². The highest BCUT2D eigenvalue weighted by Crippen LogP contribution is 2.25. The molecule has 0 aromatic carbocycles. The highest BCUT2D eigenvalue weighted by molar-refractivity contribution is 7.13. The van der Waals surface area contributed by atoms with Gasteiger partial charge in [0.15, 0.2) is 16.9 Å². The van der Waals surface area contributed by atoms with Gasteiger partial charge in [0.2, 0.25) is 0 Å². The summed E-state index contributed by atoms with van der Waals surface area (Å²) in [5.74, 6) is -0.237. The third-order valence-corrected chi connectivity index (χ3v) is 3.55. The van der Waals surface area contributed by atoms with Gasteiger partial charge in [-0.15, -0.1) is 11.3 Å². The molecular formula is C13H14N2O5S. The second kappa shape index (κ2) is 6.51. The molecule has 8 heteroatoms. The normalized spacial score (nSPS) is 12.1. The maximum Gasteiger partial charge on any atom is 0.334 e. The molecule has 0 radical (unpaired) electrons. The number of hydrogen-bond donors (Lipinski definition) is 2. The van der Waals surface area contributed by atoms with Gasteiger partial charge >= 0.3 is 5.97 Å². The fourth-order valence-corrected chi connectivity index (χ4v) is 2.35. The van der Waals surface area contributed by atoms with E-state index < -0.39 is 18.0 Å². The summed E-state index contributed by atoms with van der Waals surface area (Å²) in [6, 6.07) is 3.59. The Morgan fingerprint density at radius 3 is 2.86 bits per heavy atom. The molecule has 1 amide bonds. The molecule has 0 aliphatic carbocycles. The lowest BCUT2D eigenvalue weighted by Crippen LogP contribution is -2.37. The number of aryl methyl sites for hydroxylation is 1. The number of furan rings is 1. The van der Waals surface area contributed by atoms with Gasteiger partial charge in [-0.25, -0.2) is 9.78 Å². The molecule has 2 rings (SSSR count). The highest BCUT2D eigenvalue weighted by atomic mass is 32.1. The number of rotatable bonds is 6. The zero-order chi connectivity index (χ0) is 15.4. The molecule has 21 heavy (non-hydrogen) atoms. The van der Waals surface area contributed by atoms with Crippen molar-refractivity contribution in [2.24, 2.45) is 0 Å². The minimum absolute atomic E-state index is 0.128. The summed E-state index contributed by atoms with van der Waals surface area (Å²) in [4.78, 5) is 26.8. The van der Waals surface area contributed by atoms with Crippen LogP contribution in [0.1, 0.15) is 16.2 Å². The van der Waals surface area contributed by atoms with E-state index >= 15 is 0 Å². The number of carbonyl (C=O) groups excluding carboxylic acids is 1. The third-order valence-electron chi connectivity index (χ3n) is 2.70. The first-order valence-electron chi connectivity index (χ1n) is 6.07. The summed E-state index contributed by atoms with van der Waals surface area (Å²) < 4.78 is 10.2. The van der Waals surface area contributed by atoms with Gasteiger partial charge in [-0.2, -0.15) is 0 Å². The molecule has 2 heterocycles. The van der Waals surface area contributed by atoms with Gasteiger partial charge in [0, 0.05) is 12.5 Å². The maximum atomic E-state index is 11.9. The fourth-order valence-electron chi connectivity index (χ4n) is 1.59. The van der Waals surface area contributed by atoms with Crippen LogP contribution >= 0.6 is 11.3 Å². The van der Waals surface area contributed by atoms with Crippen molar-refractivity contribution < 1.29 is 23.8 Å². The number of thiazole rings is 1. The van der Waals surface area contributed by atoms with Crippen LogP contribution in [0.3, 0.4) is 0 Å². The molecule has 2 N–H and O–H groups in total. The smallest absolute Gasteiger partial charge is 0.334 e. The first-order valence-corrected chi connectivity index (χ1v) is 6.95. The Kier molecular flexibility index (Phi) is 4.71. The summed E-state index contributed by atoms with van der Waals surface area (Å²) in [7, 11) is 1.27. The lowest BCUT2D eigenvalue weighted by atomic mass is 10.3. The topological polar surface area (TPSA) is 102 Å². The van der Waals surface area contributed by atoms with Crippen molar-refractivity contribution in [3.05, 3.63) is 29.0 Å². The van der Waals surface area contributed by atoms with Crippen LogP contribution in [-0.2, 0) is 9.53 Å². The van der Waals surface area contributed by atoms with Crippen LogP contribution in [0, 0.1) is 6.92 Å². The first kappa shape index (κ1) is 15.2. The van der Waals surface area contributed by atoms with E-state index in [4.69, 9.17) is 14.3 Å². The van der Waals surface area contributed by atoms with E-state index in [1.807, 2.05) is 13.0 Å². The molecule has 0 aliphatic rings. The van der Waals surface area contributed by atoms with E-state index in [0.29, 0.717) is 10.8 Å². The number of aromatic nitrogens is 1. The number of aliphatic carboxylic acids is 1. The zero-order valence-corrected chi connectivity index (χ0v) is 12.3. The van der Waals surface area contributed by atoms with Crippen molar-refractivity contribution in [2.75, 3.05) is 13.7 Å². The number of carboxylic acid groups (broad SMARTS) is 1. The van der Waals surface area contributed by atoms with E-state index in [2.05, 4.69) is 10.3 Å². The van der Waals surface area contributed by atoms with Crippen LogP contribution < -0.4 is 5.32 Å². The number of hydrogen-bond acceptors (Lipinski definition) is 6. The number of nitrogens with one attached hydrogen (secondary N) is 1. The molecule has 112 valence electrons. The van der Waals surface area contributed by atoms with Gasteiger partial charge in [-0.05, 0) is 19.1 Å². The van der Waals surface area contributed by atoms with Crippen molar-refractivity contribution in [1.82, 2.24) is 10.3 Å².